The summed E-state index contributed by atoms with van der Waals surface area (Å²) in [7, 11) is 1.17. The van der Waals surface area contributed by atoms with Gasteiger partial charge in [-0.15, -0.1) is 0 Å². The first-order valence-corrected chi connectivity index (χ1v) is 4.89. The van der Waals surface area contributed by atoms with Gasteiger partial charge in [0.05, 0.1) is 25.9 Å². The third-order valence-corrected chi connectivity index (χ3v) is 1.90. The van der Waals surface area contributed by atoms with E-state index < -0.39 is 18.8 Å². The molecule has 0 aliphatic carbocycles. The number of anilines is 1. The highest BCUT2D eigenvalue weighted by atomic mass is 19.4. The number of methoxy groups -OCH3 is 1. The van der Waals surface area contributed by atoms with Gasteiger partial charge in [-0.1, -0.05) is 0 Å². The van der Waals surface area contributed by atoms with E-state index >= 15 is 0 Å². The van der Waals surface area contributed by atoms with Gasteiger partial charge in [0.1, 0.15) is 6.61 Å². The van der Waals surface area contributed by atoms with Crippen LogP contribution in [0.1, 0.15) is 10.5 Å². The van der Waals surface area contributed by atoms with Gasteiger partial charge >= 0.3 is 12.1 Å². The molecule has 1 heterocycles. The second-order valence-electron chi connectivity index (χ2n) is 3.36. The Morgan fingerprint density at radius 3 is 2.78 bits per heavy atom. The molecule has 0 bridgehead atoms. The van der Waals surface area contributed by atoms with Crippen LogP contribution in [0.3, 0.4) is 0 Å². The highest BCUT2D eigenvalue weighted by Crippen LogP contribution is 2.14. The van der Waals surface area contributed by atoms with Crippen LogP contribution in [0.15, 0.2) is 6.20 Å². The van der Waals surface area contributed by atoms with E-state index in [-0.39, 0.29) is 24.5 Å². The van der Waals surface area contributed by atoms with Crippen molar-refractivity contribution < 1.29 is 27.4 Å². The molecule has 0 atom stereocenters. The number of ether oxygens (including phenoxy) is 2. The van der Waals surface area contributed by atoms with Gasteiger partial charge in [0.25, 0.3) is 0 Å². The minimum Gasteiger partial charge on any atom is -0.464 e. The molecule has 6 nitrogen and oxygen atoms in total. The molecule has 0 unspecified atom stereocenters. The summed E-state index contributed by atoms with van der Waals surface area (Å²) < 4.78 is 45.4. The zero-order valence-electron chi connectivity index (χ0n) is 9.53. The van der Waals surface area contributed by atoms with Gasteiger partial charge in [-0.05, 0) is 0 Å². The van der Waals surface area contributed by atoms with Crippen LogP contribution in [0.2, 0.25) is 0 Å². The van der Waals surface area contributed by atoms with Crippen molar-refractivity contribution in [1.82, 2.24) is 9.78 Å². The maximum Gasteiger partial charge on any atom is 0.411 e. The number of nitrogen functional groups attached to an aromatic ring is 1. The number of carbonyl (C=O) groups is 1. The molecule has 1 aromatic rings. The molecule has 1 rings (SSSR count). The number of hydrogen-bond acceptors (Lipinski definition) is 5. The van der Waals surface area contributed by atoms with Crippen LogP contribution in [0.25, 0.3) is 0 Å². The van der Waals surface area contributed by atoms with Crippen LogP contribution in [0.5, 0.6) is 0 Å². The summed E-state index contributed by atoms with van der Waals surface area (Å²) in [5, 5.41) is 3.77. The Balaban J connectivity index is 2.47. The molecule has 0 saturated carbocycles. The number of hydrogen-bond donors (Lipinski definition) is 1. The molecule has 0 saturated heterocycles. The van der Waals surface area contributed by atoms with Gasteiger partial charge in [-0.25, -0.2) is 4.79 Å². The van der Waals surface area contributed by atoms with E-state index in [1.54, 1.807) is 0 Å². The van der Waals surface area contributed by atoms with Crippen molar-refractivity contribution in [1.29, 1.82) is 0 Å². The first-order valence-electron chi connectivity index (χ1n) is 4.89. The van der Waals surface area contributed by atoms with Crippen molar-refractivity contribution in [2.24, 2.45) is 0 Å². The first kappa shape index (κ1) is 14.3. The van der Waals surface area contributed by atoms with Crippen molar-refractivity contribution in [3.63, 3.8) is 0 Å². The minimum absolute atomic E-state index is 0.0529. The van der Waals surface area contributed by atoms with Gasteiger partial charge < -0.3 is 15.2 Å². The molecule has 0 amide bonds. The molecule has 0 radical (unpaired) electrons. The smallest absolute Gasteiger partial charge is 0.411 e. The Labute approximate surface area is 100 Å². The molecular weight excluding hydrogens is 255 g/mol. The molecule has 102 valence electrons. The summed E-state index contributed by atoms with van der Waals surface area (Å²) in [5.41, 5.74) is 5.51. The Morgan fingerprint density at radius 2 is 2.22 bits per heavy atom. The van der Waals surface area contributed by atoms with Crippen LogP contribution in [0.4, 0.5) is 18.9 Å². The summed E-state index contributed by atoms with van der Waals surface area (Å²) in [6, 6.07) is 0. The second-order valence-corrected chi connectivity index (χ2v) is 3.36. The lowest BCUT2D eigenvalue weighted by atomic mass is 10.4. The third kappa shape index (κ3) is 4.24. The van der Waals surface area contributed by atoms with Gasteiger partial charge in [0.15, 0.2) is 5.69 Å². The fourth-order valence-electron chi connectivity index (χ4n) is 1.15. The van der Waals surface area contributed by atoms with Crippen LogP contribution in [-0.2, 0) is 16.0 Å². The van der Waals surface area contributed by atoms with Crippen LogP contribution >= 0.6 is 0 Å². The van der Waals surface area contributed by atoms with Gasteiger partial charge in [-0.3, -0.25) is 4.68 Å². The quantitative estimate of drug-likeness (QED) is 0.631. The molecular formula is C9H12F3N3O3. The number of esters is 1. The lowest BCUT2D eigenvalue weighted by Gasteiger charge is -2.07. The number of alkyl halides is 3. The van der Waals surface area contributed by atoms with E-state index in [0.717, 1.165) is 0 Å². The van der Waals surface area contributed by atoms with Gasteiger partial charge in [0.2, 0.25) is 0 Å². The number of aromatic nitrogens is 2. The zero-order chi connectivity index (χ0) is 13.8. The molecule has 0 spiro atoms. The summed E-state index contributed by atoms with van der Waals surface area (Å²) in [4.78, 5) is 11.2. The summed E-state index contributed by atoms with van der Waals surface area (Å²) in [6.07, 6.45) is -3.04. The minimum atomic E-state index is -4.36. The lowest BCUT2D eigenvalue weighted by Crippen LogP contribution is -2.19. The van der Waals surface area contributed by atoms with Crippen molar-refractivity contribution in [2.45, 2.75) is 12.7 Å². The molecule has 0 aliphatic heterocycles. The third-order valence-electron chi connectivity index (χ3n) is 1.90. The van der Waals surface area contributed by atoms with E-state index in [1.807, 2.05) is 0 Å². The van der Waals surface area contributed by atoms with E-state index in [2.05, 4.69) is 14.6 Å². The highest BCUT2D eigenvalue weighted by molar-refractivity contribution is 5.92. The lowest BCUT2D eigenvalue weighted by molar-refractivity contribution is -0.174. The van der Waals surface area contributed by atoms with Gasteiger partial charge in [-0.2, -0.15) is 18.3 Å². The maximum atomic E-state index is 11.8. The zero-order valence-corrected chi connectivity index (χ0v) is 9.53. The molecule has 1 aromatic heterocycles. The first-order chi connectivity index (χ1) is 8.33. The summed E-state index contributed by atoms with van der Waals surface area (Å²) >= 11 is 0. The average molecular weight is 267 g/mol. The average Bonchev–Trinajstić information content (AvgIpc) is 2.64. The van der Waals surface area contributed by atoms with Crippen LogP contribution in [-0.4, -0.2) is 42.2 Å². The van der Waals surface area contributed by atoms with E-state index in [4.69, 9.17) is 5.73 Å². The van der Waals surface area contributed by atoms with E-state index in [1.165, 1.54) is 18.0 Å². The Bertz CT molecular complexity index is 417. The fraction of sp³-hybridized carbons (Fsp3) is 0.556. The summed E-state index contributed by atoms with van der Waals surface area (Å²) in [6.45, 7) is -1.47. The number of carbonyl (C=O) groups excluding carboxylic acids is 1. The number of halogens is 3. The SMILES string of the molecule is COC(=O)c1nn(CCOCC(F)(F)F)cc1N. The second kappa shape index (κ2) is 5.71. The van der Waals surface area contributed by atoms with Crippen molar-refractivity contribution in [3.8, 4) is 0 Å². The van der Waals surface area contributed by atoms with E-state index in [9.17, 15) is 18.0 Å². The van der Waals surface area contributed by atoms with Crippen LogP contribution in [0, 0.1) is 0 Å². The Kier molecular flexibility index (Phi) is 4.54. The molecule has 0 fully saturated rings. The summed E-state index contributed by atoms with van der Waals surface area (Å²) in [5.74, 6) is -0.706. The molecule has 18 heavy (non-hydrogen) atoms. The predicted octanol–water partition coefficient (Wildman–Crippen LogP) is 0.831. The fourth-order valence-corrected chi connectivity index (χ4v) is 1.15. The van der Waals surface area contributed by atoms with Crippen molar-refractivity contribution >= 4 is 11.7 Å². The number of rotatable bonds is 5. The Morgan fingerprint density at radius 1 is 1.56 bits per heavy atom. The highest BCUT2D eigenvalue weighted by Gasteiger charge is 2.27. The van der Waals surface area contributed by atoms with E-state index in [0.29, 0.717) is 0 Å². The predicted molar refractivity (Wildman–Crippen MR) is 54.9 cm³/mol. The maximum absolute atomic E-state index is 11.8. The topological polar surface area (TPSA) is 79.4 Å². The Hall–Kier alpha value is -1.77. The van der Waals surface area contributed by atoms with Crippen LogP contribution < -0.4 is 5.73 Å². The van der Waals surface area contributed by atoms with Crippen molar-refractivity contribution in [2.75, 3.05) is 26.1 Å². The monoisotopic (exact) mass is 267 g/mol. The normalized spacial score (nSPS) is 11.6. The standard InChI is InChI=1S/C9H12F3N3O3/c1-17-8(16)7-6(13)4-15(14-7)2-3-18-5-9(10,11)12/h4H,2-3,5,13H2,1H3. The molecule has 2 N–H and O–H groups in total. The van der Waals surface area contributed by atoms with Gasteiger partial charge in [0, 0.05) is 6.20 Å². The molecule has 0 aromatic carbocycles. The number of nitrogens with two attached hydrogens (primary N) is 1. The van der Waals surface area contributed by atoms with Crippen molar-refractivity contribution in [3.05, 3.63) is 11.9 Å². The largest absolute Gasteiger partial charge is 0.464 e. The molecule has 9 heteroatoms. The molecule has 0 aliphatic rings. The number of nitrogens with zero attached hydrogens (tertiary/aromatic N) is 2.